The van der Waals surface area contributed by atoms with Crippen molar-refractivity contribution < 1.29 is 0 Å². The molecule has 3 heterocycles. The van der Waals surface area contributed by atoms with Gasteiger partial charge in [0.2, 0.25) is 0 Å². The Bertz CT molecular complexity index is 1090. The Morgan fingerprint density at radius 2 is 1.28 bits per heavy atom. The van der Waals surface area contributed by atoms with Gasteiger partial charge in [0.25, 0.3) is 0 Å². The first kappa shape index (κ1) is 14.8. The molecule has 4 heteroatoms. The molecule has 0 amide bonds. The zero-order valence-corrected chi connectivity index (χ0v) is 14.9. The number of fused-ring (bicyclic) bond motifs is 2. The Morgan fingerprint density at radius 3 is 1.80 bits per heavy atom. The molecule has 0 fully saturated rings. The molecule has 0 unspecified atom stereocenters. The lowest BCUT2D eigenvalue weighted by Gasteiger charge is -2.26. The van der Waals surface area contributed by atoms with E-state index in [4.69, 9.17) is 11.6 Å². The monoisotopic (exact) mass is 362 g/mol. The van der Waals surface area contributed by atoms with E-state index >= 15 is 0 Å². The van der Waals surface area contributed by atoms with E-state index in [1.807, 2.05) is 24.5 Å². The first-order valence-corrected chi connectivity index (χ1v) is 9.40. The van der Waals surface area contributed by atoms with E-state index in [9.17, 15) is 0 Å². The van der Waals surface area contributed by atoms with Gasteiger partial charge in [0.05, 0.1) is 0 Å². The molecule has 5 aromatic rings. The highest BCUT2D eigenvalue weighted by Crippen LogP contribution is 2.49. The number of para-hydroxylation sites is 2. The summed E-state index contributed by atoms with van der Waals surface area (Å²) >= 11 is 9.15. The van der Waals surface area contributed by atoms with Crippen LogP contribution in [-0.4, -0.2) is 9.97 Å². The number of rotatable bonds is 3. The van der Waals surface area contributed by atoms with Gasteiger partial charge in [-0.3, -0.25) is 0 Å². The molecule has 2 nitrogen and oxygen atoms in total. The van der Waals surface area contributed by atoms with Gasteiger partial charge in [0.1, 0.15) is 4.87 Å². The maximum atomic E-state index is 7.47. The predicted octanol–water partition coefficient (Wildman–Crippen LogP) is 6.24. The first-order chi connectivity index (χ1) is 12.3. The van der Waals surface area contributed by atoms with Crippen molar-refractivity contribution in [1.29, 1.82) is 0 Å². The van der Waals surface area contributed by atoms with Crippen LogP contribution in [0.5, 0.6) is 0 Å². The summed E-state index contributed by atoms with van der Waals surface area (Å²) in [6.45, 7) is 0. The van der Waals surface area contributed by atoms with E-state index in [2.05, 4.69) is 63.9 Å². The van der Waals surface area contributed by atoms with E-state index in [0.29, 0.717) is 0 Å². The Balaban J connectivity index is 1.88. The molecule has 2 N–H and O–H groups in total. The number of halogens is 1. The van der Waals surface area contributed by atoms with Crippen molar-refractivity contribution in [2.24, 2.45) is 0 Å². The third kappa shape index (κ3) is 2.10. The number of hydrogen-bond acceptors (Lipinski definition) is 1. The van der Waals surface area contributed by atoms with E-state index in [1.165, 1.54) is 0 Å². The number of nitrogens with one attached hydrogen (secondary N) is 2. The summed E-state index contributed by atoms with van der Waals surface area (Å²) in [7, 11) is 0. The van der Waals surface area contributed by atoms with Gasteiger partial charge in [-0.25, -0.2) is 0 Å². The largest absolute Gasteiger partial charge is 0.361 e. The highest BCUT2D eigenvalue weighted by atomic mass is 35.5. The fourth-order valence-corrected chi connectivity index (χ4v) is 4.95. The maximum absolute atomic E-state index is 7.47. The van der Waals surface area contributed by atoms with E-state index in [-0.39, 0.29) is 0 Å². The van der Waals surface area contributed by atoms with Gasteiger partial charge < -0.3 is 9.97 Å². The molecule has 0 spiro atoms. The van der Waals surface area contributed by atoms with E-state index in [0.717, 1.165) is 37.8 Å². The van der Waals surface area contributed by atoms with Crippen molar-refractivity contribution in [2.75, 3.05) is 0 Å². The zero-order valence-electron chi connectivity index (χ0n) is 13.3. The quantitative estimate of drug-likeness (QED) is 0.356. The summed E-state index contributed by atoms with van der Waals surface area (Å²) in [6.07, 6.45) is 4.08. The molecule has 5 rings (SSSR count). The number of alkyl halides is 1. The molecular formula is C21H15ClN2S. The molecule has 2 aromatic carbocycles. The smallest absolute Gasteiger partial charge is 0.133 e. The number of aromatic nitrogens is 2. The fraction of sp³-hybridized carbons (Fsp3) is 0.0476. The van der Waals surface area contributed by atoms with Crippen molar-refractivity contribution in [1.82, 2.24) is 9.97 Å². The van der Waals surface area contributed by atoms with Crippen LogP contribution in [0.15, 0.2) is 78.4 Å². The third-order valence-corrected chi connectivity index (χ3v) is 6.49. The second-order valence-electron chi connectivity index (χ2n) is 6.13. The molecule has 25 heavy (non-hydrogen) atoms. The predicted molar refractivity (Wildman–Crippen MR) is 107 cm³/mol. The van der Waals surface area contributed by atoms with Crippen LogP contribution in [0.25, 0.3) is 21.8 Å². The van der Waals surface area contributed by atoms with Crippen molar-refractivity contribution >= 4 is 44.7 Å². The Hall–Kier alpha value is -2.49. The molecule has 0 bridgehead atoms. The lowest BCUT2D eigenvalue weighted by molar-refractivity contribution is 0.923. The van der Waals surface area contributed by atoms with Crippen molar-refractivity contribution in [3.8, 4) is 0 Å². The summed E-state index contributed by atoms with van der Waals surface area (Å²) in [4.78, 5) is 7.12. The standard InChI is InChI=1S/C21H15ClN2S/c22-21(20-10-5-11-25-20,16-12-23-18-8-3-1-6-14(16)18)17-13-24-19-9-4-2-7-15(17)19/h1-13,23-24H. The molecule has 122 valence electrons. The summed E-state index contributed by atoms with van der Waals surface area (Å²) < 4.78 is 0. The summed E-state index contributed by atoms with van der Waals surface area (Å²) in [6, 6.07) is 20.8. The highest BCUT2D eigenvalue weighted by Gasteiger charge is 2.39. The molecule has 0 saturated heterocycles. The van der Waals surface area contributed by atoms with Crippen molar-refractivity contribution in [3.05, 3.63) is 94.4 Å². The molecule has 0 saturated carbocycles. The summed E-state index contributed by atoms with van der Waals surface area (Å²) in [5.74, 6) is 0. The molecule has 0 atom stereocenters. The fourth-order valence-electron chi connectivity index (χ4n) is 3.60. The average molecular weight is 363 g/mol. The van der Waals surface area contributed by atoms with Crippen LogP contribution < -0.4 is 0 Å². The van der Waals surface area contributed by atoms with Gasteiger partial charge in [-0.15, -0.1) is 22.9 Å². The molecule has 0 radical (unpaired) electrons. The van der Waals surface area contributed by atoms with Gasteiger partial charge in [-0.2, -0.15) is 0 Å². The maximum Gasteiger partial charge on any atom is 0.133 e. The normalized spacial score (nSPS) is 12.2. The topological polar surface area (TPSA) is 31.6 Å². The number of thiophene rings is 1. The van der Waals surface area contributed by atoms with Gasteiger partial charge >= 0.3 is 0 Å². The Kier molecular flexibility index (Phi) is 3.27. The van der Waals surface area contributed by atoms with Gasteiger partial charge in [0, 0.05) is 50.2 Å². The SMILES string of the molecule is ClC(c1cccs1)(c1c[nH]c2ccccc12)c1c[nH]c2ccccc12. The van der Waals surface area contributed by atoms with E-state index < -0.39 is 4.87 Å². The molecular weight excluding hydrogens is 348 g/mol. The minimum Gasteiger partial charge on any atom is -0.361 e. The second-order valence-corrected chi connectivity index (χ2v) is 7.65. The van der Waals surface area contributed by atoms with Gasteiger partial charge in [-0.05, 0) is 23.6 Å². The number of H-pyrrole nitrogens is 2. The first-order valence-electron chi connectivity index (χ1n) is 8.14. The van der Waals surface area contributed by atoms with Crippen molar-refractivity contribution in [2.45, 2.75) is 4.87 Å². The number of hydrogen-bond donors (Lipinski definition) is 2. The third-order valence-electron chi connectivity index (χ3n) is 4.78. The summed E-state index contributed by atoms with van der Waals surface area (Å²) in [5, 5.41) is 4.38. The van der Waals surface area contributed by atoms with Crippen LogP contribution in [0.4, 0.5) is 0 Å². The number of aromatic amines is 2. The number of benzene rings is 2. The van der Waals surface area contributed by atoms with Crippen molar-refractivity contribution in [3.63, 3.8) is 0 Å². The molecule has 3 aromatic heterocycles. The molecule has 0 aliphatic heterocycles. The van der Waals surface area contributed by atoms with Crippen LogP contribution in [0, 0.1) is 0 Å². The Labute approximate surface area is 154 Å². The minimum absolute atomic E-state index is 0.743. The highest BCUT2D eigenvalue weighted by molar-refractivity contribution is 7.10. The minimum atomic E-state index is -0.743. The zero-order chi connectivity index (χ0) is 16.9. The molecule has 0 aliphatic carbocycles. The second kappa shape index (κ2) is 5.51. The van der Waals surface area contributed by atoms with E-state index in [1.54, 1.807) is 11.3 Å². The van der Waals surface area contributed by atoms with Crippen LogP contribution in [0.2, 0.25) is 0 Å². The lowest BCUT2D eigenvalue weighted by atomic mass is 9.88. The molecule has 0 aliphatic rings. The average Bonchev–Trinajstić information content (AvgIpc) is 3.39. The van der Waals surface area contributed by atoms with Crippen LogP contribution in [0.1, 0.15) is 16.0 Å². The lowest BCUT2D eigenvalue weighted by Crippen LogP contribution is -2.20. The van der Waals surface area contributed by atoms with Crippen LogP contribution in [-0.2, 0) is 4.87 Å². The van der Waals surface area contributed by atoms with Gasteiger partial charge in [0.15, 0.2) is 0 Å². The summed E-state index contributed by atoms with van der Waals surface area (Å²) in [5.41, 5.74) is 4.35. The van der Waals surface area contributed by atoms with Crippen LogP contribution in [0.3, 0.4) is 0 Å². The Morgan fingerprint density at radius 1 is 0.720 bits per heavy atom. The van der Waals surface area contributed by atoms with Crippen LogP contribution >= 0.6 is 22.9 Å². The van der Waals surface area contributed by atoms with Gasteiger partial charge in [-0.1, -0.05) is 42.5 Å².